The van der Waals surface area contributed by atoms with Crippen LogP contribution in [0.4, 0.5) is 5.82 Å². The molecule has 6 nitrogen and oxygen atoms in total. The number of ether oxygens (including phenoxy) is 1. The van der Waals surface area contributed by atoms with Crippen molar-refractivity contribution in [2.75, 3.05) is 11.9 Å². The summed E-state index contributed by atoms with van der Waals surface area (Å²) in [5.41, 5.74) is 1.78. The van der Waals surface area contributed by atoms with Crippen LogP contribution in [0, 0.1) is 0 Å². The van der Waals surface area contributed by atoms with Gasteiger partial charge in [0.15, 0.2) is 0 Å². The van der Waals surface area contributed by atoms with Crippen molar-refractivity contribution in [2.45, 2.75) is 39.7 Å². The second kappa shape index (κ2) is 8.81. The number of hydrogen-bond acceptors (Lipinski definition) is 5. The highest BCUT2D eigenvalue weighted by atomic mass is 32.1. The Morgan fingerprint density at radius 2 is 2.04 bits per heavy atom. The fourth-order valence-corrected chi connectivity index (χ4v) is 3.50. The molecule has 0 aliphatic carbocycles. The van der Waals surface area contributed by atoms with Gasteiger partial charge in [0.2, 0.25) is 5.91 Å². The lowest BCUT2D eigenvalue weighted by Crippen LogP contribution is -2.19. The van der Waals surface area contributed by atoms with E-state index >= 15 is 0 Å². The molecule has 1 N–H and O–H groups in total. The van der Waals surface area contributed by atoms with E-state index in [0.29, 0.717) is 6.61 Å². The lowest BCUT2D eigenvalue weighted by molar-refractivity contribution is -0.115. The lowest BCUT2D eigenvalue weighted by Gasteiger charge is -2.13. The van der Waals surface area contributed by atoms with Gasteiger partial charge in [-0.25, -0.2) is 9.67 Å². The Balaban J connectivity index is 1.63. The normalized spacial score (nSPS) is 12.0. The summed E-state index contributed by atoms with van der Waals surface area (Å²) < 4.78 is 7.30. The van der Waals surface area contributed by atoms with Gasteiger partial charge in [0, 0.05) is 17.0 Å². The molecule has 3 rings (SSSR count). The minimum Gasteiger partial charge on any atom is -0.494 e. The highest BCUT2D eigenvalue weighted by Crippen LogP contribution is 2.26. The Kier molecular flexibility index (Phi) is 6.24. The zero-order valence-corrected chi connectivity index (χ0v) is 16.6. The highest BCUT2D eigenvalue weighted by Gasteiger charge is 2.13. The third kappa shape index (κ3) is 4.74. The van der Waals surface area contributed by atoms with Crippen LogP contribution in [0.2, 0.25) is 0 Å². The lowest BCUT2D eigenvalue weighted by atomic mass is 10.2. The molecule has 0 aliphatic heterocycles. The molecule has 0 radical (unpaired) electrons. The molecule has 0 saturated heterocycles. The Hall–Kier alpha value is -2.67. The number of anilines is 1. The van der Waals surface area contributed by atoms with Crippen LogP contribution in [0.15, 0.2) is 41.9 Å². The summed E-state index contributed by atoms with van der Waals surface area (Å²) in [4.78, 5) is 17.0. The molecule has 1 atom stereocenters. The Labute approximate surface area is 163 Å². The summed E-state index contributed by atoms with van der Waals surface area (Å²) in [5.74, 6) is 1.47. The van der Waals surface area contributed by atoms with E-state index in [4.69, 9.17) is 4.74 Å². The first-order valence-corrected chi connectivity index (χ1v) is 9.99. The molecular formula is C20H24N4O2S. The number of amides is 1. The largest absolute Gasteiger partial charge is 0.494 e. The van der Waals surface area contributed by atoms with Crippen molar-refractivity contribution in [3.63, 3.8) is 0 Å². The molecule has 0 spiro atoms. The van der Waals surface area contributed by atoms with Gasteiger partial charge in [-0.15, -0.1) is 11.3 Å². The van der Waals surface area contributed by atoms with Gasteiger partial charge >= 0.3 is 0 Å². The monoisotopic (exact) mass is 384 g/mol. The molecule has 2 aromatic heterocycles. The van der Waals surface area contributed by atoms with E-state index < -0.39 is 0 Å². The van der Waals surface area contributed by atoms with Gasteiger partial charge in [-0.2, -0.15) is 5.10 Å². The minimum atomic E-state index is -0.0939. The first kappa shape index (κ1) is 19.1. The van der Waals surface area contributed by atoms with Crippen LogP contribution in [-0.2, 0) is 11.2 Å². The number of nitrogens with zero attached hydrogens (tertiary/aromatic N) is 3. The number of carbonyl (C=O) groups excluding carboxylic acids is 1. The van der Waals surface area contributed by atoms with Crippen molar-refractivity contribution in [1.82, 2.24) is 14.8 Å². The van der Waals surface area contributed by atoms with Gasteiger partial charge in [0.05, 0.1) is 31.0 Å². The van der Waals surface area contributed by atoms with Crippen LogP contribution in [0.3, 0.4) is 0 Å². The van der Waals surface area contributed by atoms with Gasteiger partial charge < -0.3 is 10.1 Å². The number of hydrogen-bond donors (Lipinski definition) is 1. The topological polar surface area (TPSA) is 69.0 Å². The van der Waals surface area contributed by atoms with Crippen molar-refractivity contribution in [3.05, 3.63) is 47.6 Å². The van der Waals surface area contributed by atoms with Crippen molar-refractivity contribution in [1.29, 1.82) is 0 Å². The van der Waals surface area contributed by atoms with Gasteiger partial charge in [-0.05, 0) is 44.5 Å². The maximum atomic E-state index is 12.4. The summed E-state index contributed by atoms with van der Waals surface area (Å²) in [5, 5.41) is 10.0. The fourth-order valence-electron chi connectivity index (χ4n) is 2.67. The first-order valence-electron chi connectivity index (χ1n) is 9.11. The second-order valence-corrected chi connectivity index (χ2v) is 7.10. The number of rotatable bonds is 8. The van der Waals surface area contributed by atoms with E-state index in [0.717, 1.165) is 34.3 Å². The smallest absolute Gasteiger partial charge is 0.231 e. The Morgan fingerprint density at radius 3 is 2.74 bits per heavy atom. The number of thiazole rings is 1. The van der Waals surface area contributed by atoms with Crippen LogP contribution in [0.25, 0.3) is 10.6 Å². The van der Waals surface area contributed by atoms with E-state index in [2.05, 4.69) is 29.2 Å². The fraction of sp³-hybridized carbons (Fsp3) is 0.350. The van der Waals surface area contributed by atoms with E-state index in [9.17, 15) is 4.79 Å². The highest BCUT2D eigenvalue weighted by molar-refractivity contribution is 7.13. The summed E-state index contributed by atoms with van der Waals surface area (Å²) in [6, 6.07) is 9.89. The van der Waals surface area contributed by atoms with E-state index in [1.807, 2.05) is 47.3 Å². The maximum absolute atomic E-state index is 12.4. The predicted octanol–water partition coefficient (Wildman–Crippen LogP) is 4.56. The first-order chi connectivity index (χ1) is 13.1. The molecule has 142 valence electrons. The predicted molar refractivity (Wildman–Crippen MR) is 108 cm³/mol. The van der Waals surface area contributed by atoms with E-state index in [1.165, 1.54) is 11.3 Å². The number of carbonyl (C=O) groups is 1. The van der Waals surface area contributed by atoms with Crippen molar-refractivity contribution < 1.29 is 9.53 Å². The van der Waals surface area contributed by atoms with Crippen LogP contribution in [-0.4, -0.2) is 27.3 Å². The van der Waals surface area contributed by atoms with Crippen LogP contribution < -0.4 is 10.1 Å². The molecule has 0 aliphatic rings. The van der Waals surface area contributed by atoms with Crippen molar-refractivity contribution in [3.8, 4) is 16.3 Å². The molecule has 0 bridgehead atoms. The molecule has 0 fully saturated rings. The van der Waals surface area contributed by atoms with Crippen LogP contribution >= 0.6 is 11.3 Å². The summed E-state index contributed by atoms with van der Waals surface area (Å²) in [6.45, 7) is 6.77. The van der Waals surface area contributed by atoms with Crippen LogP contribution in [0.1, 0.15) is 38.9 Å². The third-order valence-corrected chi connectivity index (χ3v) is 5.19. The molecule has 1 amide bonds. The zero-order chi connectivity index (χ0) is 19.2. The van der Waals surface area contributed by atoms with E-state index in [1.54, 1.807) is 6.20 Å². The maximum Gasteiger partial charge on any atom is 0.231 e. The summed E-state index contributed by atoms with van der Waals surface area (Å²) in [7, 11) is 0. The molecule has 3 aromatic rings. The average Bonchev–Trinajstić information content (AvgIpc) is 3.31. The molecular weight excluding hydrogens is 360 g/mol. The SMILES string of the molecule is CCOc1ccc(-c2nc(CC(=O)Nc3ccnn3C(C)CC)cs2)cc1. The van der Waals surface area contributed by atoms with Gasteiger partial charge in [-0.1, -0.05) is 6.92 Å². The van der Waals surface area contributed by atoms with E-state index in [-0.39, 0.29) is 18.4 Å². The summed E-state index contributed by atoms with van der Waals surface area (Å²) in [6.07, 6.45) is 2.88. The molecule has 0 saturated carbocycles. The van der Waals surface area contributed by atoms with Gasteiger partial charge in [0.25, 0.3) is 0 Å². The zero-order valence-electron chi connectivity index (χ0n) is 15.8. The third-order valence-electron chi connectivity index (χ3n) is 4.25. The molecule has 27 heavy (non-hydrogen) atoms. The Morgan fingerprint density at radius 1 is 1.26 bits per heavy atom. The summed E-state index contributed by atoms with van der Waals surface area (Å²) >= 11 is 1.53. The molecule has 7 heteroatoms. The minimum absolute atomic E-state index is 0.0939. The standard InChI is InChI=1S/C20H24N4O2S/c1-4-14(3)24-18(10-11-21-24)23-19(25)12-16-13-27-20(22-16)15-6-8-17(9-7-15)26-5-2/h6-11,13-14H,4-5,12H2,1-3H3,(H,23,25). The quantitative estimate of drug-likeness (QED) is 0.618. The molecule has 2 heterocycles. The van der Waals surface area contributed by atoms with Crippen molar-refractivity contribution >= 4 is 23.1 Å². The van der Waals surface area contributed by atoms with Gasteiger partial charge in [-0.3, -0.25) is 4.79 Å². The number of nitrogens with one attached hydrogen (secondary N) is 1. The van der Waals surface area contributed by atoms with Gasteiger partial charge in [0.1, 0.15) is 16.6 Å². The number of benzene rings is 1. The van der Waals surface area contributed by atoms with Crippen LogP contribution in [0.5, 0.6) is 5.75 Å². The Bertz CT molecular complexity index is 886. The number of aromatic nitrogens is 3. The average molecular weight is 385 g/mol. The second-order valence-electron chi connectivity index (χ2n) is 6.24. The van der Waals surface area contributed by atoms with Crippen molar-refractivity contribution in [2.24, 2.45) is 0 Å². The molecule has 1 unspecified atom stereocenters. The molecule has 1 aromatic carbocycles.